The Kier molecular flexibility index (Phi) is 3.25. The van der Waals surface area contributed by atoms with Gasteiger partial charge in [0.25, 0.3) is 0 Å². The third-order valence-electron chi connectivity index (χ3n) is 3.53. The lowest BCUT2D eigenvalue weighted by atomic mass is 10.0. The van der Waals surface area contributed by atoms with E-state index in [2.05, 4.69) is 54.6 Å². The quantitative estimate of drug-likeness (QED) is 0.645. The zero-order valence-electron chi connectivity index (χ0n) is 12.7. The first-order valence-electron chi connectivity index (χ1n) is 6.96. The molecule has 0 unspecified atom stereocenters. The maximum absolute atomic E-state index is 6.04. The molecule has 0 atom stereocenters. The summed E-state index contributed by atoms with van der Waals surface area (Å²) in [6.07, 6.45) is 5.41. The van der Waals surface area contributed by atoms with Gasteiger partial charge in [0, 0.05) is 23.3 Å². The van der Waals surface area contributed by atoms with Crippen LogP contribution in [0.3, 0.4) is 0 Å². The third kappa shape index (κ3) is 2.54. The van der Waals surface area contributed by atoms with Gasteiger partial charge in [-0.15, -0.1) is 0 Å². The fraction of sp³-hybridized carbons (Fsp3) is 0.294. The van der Waals surface area contributed by atoms with Crippen molar-refractivity contribution in [1.29, 1.82) is 0 Å². The summed E-state index contributed by atoms with van der Waals surface area (Å²) in [5, 5.41) is 6.34. The highest BCUT2D eigenvalue weighted by molar-refractivity contribution is 6.30. The second-order valence-electron chi connectivity index (χ2n) is 6.35. The average Bonchev–Trinajstić information content (AvgIpc) is 2.83. The molecule has 0 aliphatic rings. The van der Waals surface area contributed by atoms with Crippen molar-refractivity contribution in [3.8, 4) is 11.1 Å². The van der Waals surface area contributed by atoms with Crippen LogP contribution in [0.15, 0.2) is 36.8 Å². The van der Waals surface area contributed by atoms with Crippen molar-refractivity contribution in [2.24, 2.45) is 0 Å². The number of benzene rings is 1. The fourth-order valence-electron chi connectivity index (χ4n) is 2.62. The van der Waals surface area contributed by atoms with Gasteiger partial charge in [0.1, 0.15) is 0 Å². The van der Waals surface area contributed by atoms with Gasteiger partial charge < -0.3 is 0 Å². The smallest absolute Gasteiger partial charge is 0.0718 e. The van der Waals surface area contributed by atoms with E-state index in [-0.39, 0.29) is 5.54 Å². The highest BCUT2D eigenvalue weighted by Gasteiger charge is 2.18. The second-order valence-corrected chi connectivity index (χ2v) is 6.79. The fourth-order valence-corrected chi connectivity index (χ4v) is 2.79. The first kappa shape index (κ1) is 14.1. The largest absolute Gasteiger partial charge is 0.263 e. The van der Waals surface area contributed by atoms with E-state index in [4.69, 9.17) is 11.6 Å². The summed E-state index contributed by atoms with van der Waals surface area (Å²) in [6.45, 7) is 8.60. The minimum absolute atomic E-state index is 0.0361. The number of pyridine rings is 1. The molecule has 2 aromatic heterocycles. The number of fused-ring (bicyclic) bond motifs is 1. The van der Waals surface area contributed by atoms with Crippen molar-refractivity contribution in [2.45, 2.75) is 33.2 Å². The normalized spacial score (nSPS) is 12.0. The van der Waals surface area contributed by atoms with Gasteiger partial charge in [0.05, 0.1) is 22.3 Å². The number of hydrogen-bond donors (Lipinski definition) is 0. The van der Waals surface area contributed by atoms with Crippen LogP contribution in [0.25, 0.3) is 22.0 Å². The summed E-state index contributed by atoms with van der Waals surface area (Å²) in [7, 11) is 0. The number of halogens is 1. The van der Waals surface area contributed by atoms with Gasteiger partial charge in [-0.3, -0.25) is 9.67 Å². The van der Waals surface area contributed by atoms with E-state index in [0.29, 0.717) is 5.02 Å². The molecule has 0 saturated heterocycles. The highest BCUT2D eigenvalue weighted by atomic mass is 35.5. The minimum Gasteiger partial charge on any atom is -0.263 e. The lowest BCUT2D eigenvalue weighted by molar-refractivity contribution is 0.368. The maximum Gasteiger partial charge on any atom is 0.0718 e. The Morgan fingerprint density at radius 2 is 1.76 bits per heavy atom. The topological polar surface area (TPSA) is 30.7 Å². The molecule has 21 heavy (non-hydrogen) atoms. The van der Waals surface area contributed by atoms with E-state index in [0.717, 1.165) is 16.5 Å². The monoisotopic (exact) mass is 299 g/mol. The molecule has 3 nitrogen and oxygen atoms in total. The molecule has 0 bridgehead atoms. The predicted molar refractivity (Wildman–Crippen MR) is 87.7 cm³/mol. The van der Waals surface area contributed by atoms with Crippen LogP contribution in [0.1, 0.15) is 26.3 Å². The van der Waals surface area contributed by atoms with Crippen LogP contribution in [0.2, 0.25) is 5.02 Å². The molecular formula is C17H18ClN3. The Morgan fingerprint density at radius 1 is 1.00 bits per heavy atom. The van der Waals surface area contributed by atoms with E-state index in [9.17, 15) is 0 Å². The Morgan fingerprint density at radius 3 is 2.43 bits per heavy atom. The molecule has 0 aliphatic heterocycles. The molecule has 1 aromatic carbocycles. The number of aryl methyl sites for hydroxylation is 1. The Hall–Kier alpha value is -1.87. The van der Waals surface area contributed by atoms with Crippen LogP contribution in [0, 0.1) is 6.92 Å². The van der Waals surface area contributed by atoms with Crippen LogP contribution in [0.5, 0.6) is 0 Å². The van der Waals surface area contributed by atoms with E-state index in [1.807, 2.05) is 18.5 Å². The molecule has 0 aliphatic carbocycles. The van der Waals surface area contributed by atoms with Crippen molar-refractivity contribution in [3.05, 3.63) is 47.4 Å². The number of hydrogen-bond acceptors (Lipinski definition) is 2. The Balaban J connectivity index is 2.22. The van der Waals surface area contributed by atoms with E-state index in [1.165, 1.54) is 11.1 Å². The SMILES string of the molecule is Cc1cc(-c2cncc(Cl)c2)cc2cnn(C(C)(C)C)c12. The van der Waals surface area contributed by atoms with E-state index in [1.54, 1.807) is 6.20 Å². The Labute approximate surface area is 129 Å². The van der Waals surface area contributed by atoms with Gasteiger partial charge in [-0.25, -0.2) is 0 Å². The molecule has 0 radical (unpaired) electrons. The van der Waals surface area contributed by atoms with Crippen molar-refractivity contribution in [2.75, 3.05) is 0 Å². The first-order valence-corrected chi connectivity index (χ1v) is 7.34. The van der Waals surface area contributed by atoms with Crippen LogP contribution < -0.4 is 0 Å². The Bertz CT molecular complexity index is 813. The number of rotatable bonds is 1. The highest BCUT2D eigenvalue weighted by Crippen LogP contribution is 2.30. The summed E-state index contributed by atoms with van der Waals surface area (Å²) >= 11 is 6.04. The number of nitrogens with zero attached hydrogens (tertiary/aromatic N) is 3. The molecule has 108 valence electrons. The van der Waals surface area contributed by atoms with Gasteiger partial charge in [0.15, 0.2) is 0 Å². The van der Waals surface area contributed by atoms with E-state index < -0.39 is 0 Å². The summed E-state index contributed by atoms with van der Waals surface area (Å²) in [5.41, 5.74) is 4.49. The van der Waals surface area contributed by atoms with Gasteiger partial charge in [-0.2, -0.15) is 5.10 Å². The van der Waals surface area contributed by atoms with Crippen molar-refractivity contribution in [3.63, 3.8) is 0 Å². The lowest BCUT2D eigenvalue weighted by Crippen LogP contribution is -2.23. The molecule has 0 saturated carbocycles. The molecule has 0 N–H and O–H groups in total. The van der Waals surface area contributed by atoms with Gasteiger partial charge in [0.2, 0.25) is 0 Å². The van der Waals surface area contributed by atoms with Crippen molar-refractivity contribution >= 4 is 22.5 Å². The second kappa shape index (κ2) is 4.85. The average molecular weight is 300 g/mol. The molecular weight excluding hydrogens is 282 g/mol. The third-order valence-corrected chi connectivity index (χ3v) is 3.73. The standard InChI is InChI=1S/C17H18ClN3/c1-11-5-12(13-7-15(18)10-19-8-13)6-14-9-20-21(16(11)14)17(2,3)4/h5-10H,1-4H3. The molecule has 0 amide bonds. The predicted octanol–water partition coefficient (Wildman–Crippen LogP) is 4.82. The summed E-state index contributed by atoms with van der Waals surface area (Å²) in [5.74, 6) is 0. The molecule has 0 spiro atoms. The minimum atomic E-state index is -0.0361. The van der Waals surface area contributed by atoms with Crippen LogP contribution >= 0.6 is 11.6 Å². The summed E-state index contributed by atoms with van der Waals surface area (Å²) in [6, 6.07) is 6.24. The van der Waals surface area contributed by atoms with Gasteiger partial charge in [-0.05, 0) is 57.0 Å². The van der Waals surface area contributed by atoms with E-state index >= 15 is 0 Å². The zero-order valence-corrected chi connectivity index (χ0v) is 13.4. The van der Waals surface area contributed by atoms with Crippen LogP contribution in [-0.2, 0) is 5.54 Å². The lowest BCUT2D eigenvalue weighted by Gasteiger charge is -2.21. The zero-order chi connectivity index (χ0) is 15.2. The van der Waals surface area contributed by atoms with Crippen molar-refractivity contribution in [1.82, 2.24) is 14.8 Å². The van der Waals surface area contributed by atoms with Crippen LogP contribution in [0.4, 0.5) is 0 Å². The molecule has 2 heterocycles. The first-order chi connectivity index (χ1) is 9.86. The maximum atomic E-state index is 6.04. The molecule has 3 rings (SSSR count). The van der Waals surface area contributed by atoms with Gasteiger partial charge in [-0.1, -0.05) is 11.6 Å². The molecule has 4 heteroatoms. The number of aromatic nitrogens is 3. The molecule has 3 aromatic rings. The van der Waals surface area contributed by atoms with Crippen molar-refractivity contribution < 1.29 is 0 Å². The molecule has 0 fully saturated rings. The van der Waals surface area contributed by atoms with Crippen LogP contribution in [-0.4, -0.2) is 14.8 Å². The summed E-state index contributed by atoms with van der Waals surface area (Å²) in [4.78, 5) is 4.16. The summed E-state index contributed by atoms with van der Waals surface area (Å²) < 4.78 is 2.08. The van der Waals surface area contributed by atoms with Gasteiger partial charge >= 0.3 is 0 Å².